The standard InChI is InChI=1S/C14H16N4O/c1-3-19-14-5-4-12(9-17-14)16-8-11-6-13(7-15)18(2)10-11/h4-6,9-10,16H,3,8H2,1-2H3. The van der Waals surface area contributed by atoms with Crippen LogP contribution in [0, 0.1) is 11.3 Å². The average Bonchev–Trinajstić information content (AvgIpc) is 2.79. The molecule has 0 spiro atoms. The zero-order valence-electron chi connectivity index (χ0n) is 11.1. The summed E-state index contributed by atoms with van der Waals surface area (Å²) in [5, 5.41) is 12.1. The largest absolute Gasteiger partial charge is 0.478 e. The van der Waals surface area contributed by atoms with Crippen molar-refractivity contribution in [2.24, 2.45) is 7.05 Å². The van der Waals surface area contributed by atoms with Crippen molar-refractivity contribution in [1.82, 2.24) is 9.55 Å². The highest BCUT2D eigenvalue weighted by atomic mass is 16.5. The van der Waals surface area contributed by atoms with E-state index in [4.69, 9.17) is 10.00 Å². The Kier molecular flexibility index (Phi) is 4.04. The van der Waals surface area contributed by atoms with E-state index >= 15 is 0 Å². The monoisotopic (exact) mass is 256 g/mol. The van der Waals surface area contributed by atoms with Crippen molar-refractivity contribution in [3.63, 3.8) is 0 Å². The molecule has 0 fully saturated rings. The van der Waals surface area contributed by atoms with Gasteiger partial charge in [-0.3, -0.25) is 0 Å². The van der Waals surface area contributed by atoms with Crippen LogP contribution in [0.1, 0.15) is 18.2 Å². The first kappa shape index (κ1) is 13.0. The van der Waals surface area contributed by atoms with Crippen molar-refractivity contribution in [2.75, 3.05) is 11.9 Å². The molecular weight excluding hydrogens is 240 g/mol. The van der Waals surface area contributed by atoms with E-state index in [1.165, 1.54) is 0 Å². The minimum atomic E-state index is 0.612. The normalized spacial score (nSPS) is 9.95. The molecule has 5 heteroatoms. The highest BCUT2D eigenvalue weighted by Crippen LogP contribution is 2.13. The molecular formula is C14H16N4O. The maximum atomic E-state index is 8.88. The highest BCUT2D eigenvalue weighted by molar-refractivity contribution is 5.43. The van der Waals surface area contributed by atoms with Crippen LogP contribution >= 0.6 is 0 Å². The van der Waals surface area contributed by atoms with Crippen LogP contribution in [0.5, 0.6) is 5.88 Å². The first-order chi connectivity index (χ1) is 9.22. The van der Waals surface area contributed by atoms with Gasteiger partial charge in [0.05, 0.1) is 18.5 Å². The Hall–Kier alpha value is -2.48. The summed E-state index contributed by atoms with van der Waals surface area (Å²) in [5.41, 5.74) is 2.64. The van der Waals surface area contributed by atoms with Gasteiger partial charge < -0.3 is 14.6 Å². The van der Waals surface area contributed by atoms with Crippen LogP contribution in [0.4, 0.5) is 5.69 Å². The molecule has 0 atom stereocenters. The number of hydrogen-bond donors (Lipinski definition) is 1. The van der Waals surface area contributed by atoms with Crippen LogP contribution in [0.15, 0.2) is 30.6 Å². The van der Waals surface area contributed by atoms with Crippen molar-refractivity contribution in [3.8, 4) is 11.9 Å². The number of anilines is 1. The summed E-state index contributed by atoms with van der Waals surface area (Å²) >= 11 is 0. The zero-order valence-corrected chi connectivity index (χ0v) is 11.1. The molecule has 5 nitrogen and oxygen atoms in total. The van der Waals surface area contributed by atoms with Crippen LogP contribution in [-0.4, -0.2) is 16.2 Å². The van der Waals surface area contributed by atoms with Crippen molar-refractivity contribution in [3.05, 3.63) is 41.9 Å². The van der Waals surface area contributed by atoms with E-state index in [1.807, 2.05) is 42.9 Å². The minimum absolute atomic E-state index is 0.612. The van der Waals surface area contributed by atoms with E-state index in [-0.39, 0.29) is 0 Å². The third kappa shape index (κ3) is 3.26. The van der Waals surface area contributed by atoms with E-state index in [0.717, 1.165) is 11.3 Å². The Bertz CT molecular complexity index is 580. The van der Waals surface area contributed by atoms with Crippen molar-refractivity contribution in [1.29, 1.82) is 5.26 Å². The van der Waals surface area contributed by atoms with Crippen molar-refractivity contribution in [2.45, 2.75) is 13.5 Å². The smallest absolute Gasteiger partial charge is 0.213 e. The maximum Gasteiger partial charge on any atom is 0.213 e. The molecule has 2 rings (SSSR count). The van der Waals surface area contributed by atoms with Gasteiger partial charge in [-0.25, -0.2) is 4.98 Å². The number of pyridine rings is 1. The molecule has 0 aliphatic carbocycles. The van der Waals surface area contributed by atoms with Crippen LogP contribution < -0.4 is 10.1 Å². The summed E-state index contributed by atoms with van der Waals surface area (Å²) in [6.45, 7) is 3.20. The summed E-state index contributed by atoms with van der Waals surface area (Å²) in [6, 6.07) is 7.77. The van der Waals surface area contributed by atoms with E-state index < -0.39 is 0 Å². The van der Waals surface area contributed by atoms with Gasteiger partial charge in [0.2, 0.25) is 5.88 Å². The van der Waals surface area contributed by atoms with Gasteiger partial charge in [0, 0.05) is 25.9 Å². The molecule has 0 radical (unpaired) electrons. The molecule has 0 saturated heterocycles. The van der Waals surface area contributed by atoms with Crippen molar-refractivity contribution >= 4 is 5.69 Å². The maximum absolute atomic E-state index is 8.88. The van der Waals surface area contributed by atoms with Gasteiger partial charge in [-0.15, -0.1) is 0 Å². The molecule has 0 aliphatic rings. The number of aromatic nitrogens is 2. The molecule has 19 heavy (non-hydrogen) atoms. The van der Waals surface area contributed by atoms with Gasteiger partial charge >= 0.3 is 0 Å². The molecule has 0 saturated carbocycles. The molecule has 0 aliphatic heterocycles. The topological polar surface area (TPSA) is 62.9 Å². The third-order valence-corrected chi connectivity index (χ3v) is 2.70. The van der Waals surface area contributed by atoms with Gasteiger partial charge in [0.25, 0.3) is 0 Å². The quantitative estimate of drug-likeness (QED) is 0.891. The first-order valence-corrected chi connectivity index (χ1v) is 6.11. The zero-order chi connectivity index (χ0) is 13.7. The molecule has 0 aromatic carbocycles. The van der Waals surface area contributed by atoms with Gasteiger partial charge in [0.15, 0.2) is 0 Å². The fourth-order valence-corrected chi connectivity index (χ4v) is 1.76. The van der Waals surface area contributed by atoms with Gasteiger partial charge in [-0.2, -0.15) is 5.26 Å². The Balaban J connectivity index is 1.96. The Morgan fingerprint density at radius 2 is 2.32 bits per heavy atom. The summed E-state index contributed by atoms with van der Waals surface area (Å²) < 4.78 is 7.09. The van der Waals surface area contributed by atoms with Crippen molar-refractivity contribution < 1.29 is 4.74 Å². The Labute approximate surface area is 112 Å². The highest BCUT2D eigenvalue weighted by Gasteiger charge is 2.02. The number of nitriles is 1. The second-order valence-corrected chi connectivity index (χ2v) is 4.13. The Morgan fingerprint density at radius 3 is 2.89 bits per heavy atom. The molecule has 2 aromatic rings. The number of nitrogens with zero attached hydrogens (tertiary/aromatic N) is 3. The predicted octanol–water partition coefficient (Wildman–Crippen LogP) is 2.30. The lowest BCUT2D eigenvalue weighted by atomic mass is 10.3. The fraction of sp³-hybridized carbons (Fsp3) is 0.286. The van der Waals surface area contributed by atoms with E-state index in [9.17, 15) is 0 Å². The second kappa shape index (κ2) is 5.91. The molecule has 1 N–H and O–H groups in total. The van der Waals surface area contributed by atoms with E-state index in [2.05, 4.69) is 16.4 Å². The van der Waals surface area contributed by atoms with Gasteiger partial charge in [0.1, 0.15) is 11.8 Å². The summed E-state index contributed by atoms with van der Waals surface area (Å²) in [5.74, 6) is 0.625. The minimum Gasteiger partial charge on any atom is -0.478 e. The van der Waals surface area contributed by atoms with Crippen LogP contribution in [0.3, 0.4) is 0 Å². The first-order valence-electron chi connectivity index (χ1n) is 6.11. The fourth-order valence-electron chi connectivity index (χ4n) is 1.76. The third-order valence-electron chi connectivity index (χ3n) is 2.70. The molecule has 2 aromatic heterocycles. The second-order valence-electron chi connectivity index (χ2n) is 4.13. The lowest BCUT2D eigenvalue weighted by Crippen LogP contribution is -2.00. The van der Waals surface area contributed by atoms with E-state index in [0.29, 0.717) is 24.7 Å². The number of rotatable bonds is 5. The molecule has 2 heterocycles. The molecule has 98 valence electrons. The molecule has 0 amide bonds. The SMILES string of the molecule is CCOc1ccc(NCc2cc(C#N)n(C)c2)cn1. The summed E-state index contributed by atoms with van der Waals surface area (Å²) in [4.78, 5) is 4.18. The number of aryl methyl sites for hydroxylation is 1. The van der Waals surface area contributed by atoms with Crippen LogP contribution in [0.2, 0.25) is 0 Å². The van der Waals surface area contributed by atoms with Gasteiger partial charge in [-0.1, -0.05) is 0 Å². The van der Waals surface area contributed by atoms with E-state index in [1.54, 1.807) is 6.20 Å². The predicted molar refractivity (Wildman–Crippen MR) is 72.9 cm³/mol. The van der Waals surface area contributed by atoms with Gasteiger partial charge in [-0.05, 0) is 24.6 Å². The summed E-state index contributed by atoms with van der Waals surface area (Å²) in [6.07, 6.45) is 3.67. The molecule has 0 unspecified atom stereocenters. The number of nitrogens with one attached hydrogen (secondary N) is 1. The lowest BCUT2D eigenvalue weighted by Gasteiger charge is -2.06. The average molecular weight is 256 g/mol. The van der Waals surface area contributed by atoms with Crippen LogP contribution in [-0.2, 0) is 13.6 Å². The lowest BCUT2D eigenvalue weighted by molar-refractivity contribution is 0.327. The Morgan fingerprint density at radius 1 is 1.47 bits per heavy atom. The summed E-state index contributed by atoms with van der Waals surface area (Å²) in [7, 11) is 1.86. The van der Waals surface area contributed by atoms with Crippen LogP contribution in [0.25, 0.3) is 0 Å². The number of hydrogen-bond acceptors (Lipinski definition) is 4. The molecule has 0 bridgehead atoms. The number of ether oxygens (including phenoxy) is 1.